The molecule has 3 unspecified atom stereocenters. The van der Waals surface area contributed by atoms with Gasteiger partial charge in [0.15, 0.2) is 11.6 Å². The molecule has 0 saturated carbocycles. The predicted molar refractivity (Wildman–Crippen MR) is 143 cm³/mol. The maximum absolute atomic E-state index is 14.5. The molecule has 3 aliphatic rings. The number of ketones is 2. The van der Waals surface area contributed by atoms with E-state index in [4.69, 9.17) is 4.74 Å². The van der Waals surface area contributed by atoms with Crippen molar-refractivity contribution in [3.8, 4) is 11.5 Å². The molecule has 182 valence electrons. The zero-order chi connectivity index (χ0) is 25.6. The van der Waals surface area contributed by atoms with E-state index in [0.29, 0.717) is 24.2 Å². The van der Waals surface area contributed by atoms with Crippen molar-refractivity contribution >= 4 is 17.1 Å². The zero-order valence-corrected chi connectivity index (χ0v) is 20.3. The Morgan fingerprint density at radius 3 is 2.43 bits per heavy atom. The van der Waals surface area contributed by atoms with E-state index in [1.165, 1.54) is 0 Å². The van der Waals surface area contributed by atoms with Crippen LogP contribution in [0.5, 0.6) is 11.5 Å². The van der Waals surface area contributed by atoms with Crippen LogP contribution in [0, 0.1) is 11.8 Å². The van der Waals surface area contributed by atoms with Gasteiger partial charge in [-0.15, -0.1) is 0 Å². The van der Waals surface area contributed by atoms with Gasteiger partial charge in [-0.1, -0.05) is 79.4 Å². The number of phenols is 1. The van der Waals surface area contributed by atoms with Gasteiger partial charge in [-0.3, -0.25) is 9.59 Å². The summed E-state index contributed by atoms with van der Waals surface area (Å²) in [4.78, 5) is 28.7. The number of allylic oxidation sites excluding steroid dienone is 6. The molecule has 2 aliphatic carbocycles. The van der Waals surface area contributed by atoms with Crippen LogP contribution in [-0.4, -0.2) is 16.7 Å². The van der Waals surface area contributed by atoms with E-state index in [9.17, 15) is 14.7 Å². The van der Waals surface area contributed by atoms with Crippen molar-refractivity contribution in [1.82, 2.24) is 0 Å². The lowest BCUT2D eigenvalue weighted by atomic mass is 9.49. The molecular formula is C33H26O4. The summed E-state index contributed by atoms with van der Waals surface area (Å²) < 4.78 is 6.00. The summed E-state index contributed by atoms with van der Waals surface area (Å²) >= 11 is 0. The minimum atomic E-state index is -1.14. The van der Waals surface area contributed by atoms with E-state index in [2.05, 4.69) is 6.58 Å². The number of phenolic OH excluding ortho intramolecular Hbond substituents is 1. The van der Waals surface area contributed by atoms with Gasteiger partial charge in [0, 0.05) is 29.4 Å². The van der Waals surface area contributed by atoms with Crippen LogP contribution in [0.15, 0.2) is 121 Å². The Kier molecular flexibility index (Phi) is 5.53. The van der Waals surface area contributed by atoms with E-state index in [1.54, 1.807) is 36.6 Å². The highest BCUT2D eigenvalue weighted by atomic mass is 16.5. The van der Waals surface area contributed by atoms with Gasteiger partial charge in [0.05, 0.1) is 11.7 Å². The van der Waals surface area contributed by atoms with Crippen molar-refractivity contribution in [1.29, 1.82) is 0 Å². The lowest BCUT2D eigenvalue weighted by Gasteiger charge is -2.50. The first-order valence-corrected chi connectivity index (χ1v) is 12.4. The Bertz CT molecular complexity index is 1510. The first kappa shape index (κ1) is 23.0. The van der Waals surface area contributed by atoms with Crippen molar-refractivity contribution in [3.63, 3.8) is 0 Å². The number of aromatic hydroxyl groups is 1. The quantitative estimate of drug-likeness (QED) is 0.482. The standard InChI is InChI=1S/C33H26O4/c1-2-21-13-15-28-32(36)27(22-9-5-3-6-10-22)19-30(35)33(28,25-11-7-4-8-12-25)31(21)24-17-23-18-26(34)14-16-29(23)37-20-24/h2-14,16,18-20,28,31,34H,1,15,17H2. The fraction of sp³-hybridized carbons (Fsp3) is 0.152. The maximum Gasteiger partial charge on any atom is 0.168 e. The number of hydrogen-bond donors (Lipinski definition) is 1. The third kappa shape index (κ3) is 3.52. The molecule has 3 aromatic carbocycles. The Balaban J connectivity index is 1.57. The highest BCUT2D eigenvalue weighted by Gasteiger charge is 2.59. The number of Topliss-reactive ketones (excluding diaryl/α,β-unsaturated/α-hetero) is 1. The van der Waals surface area contributed by atoms with Crippen LogP contribution in [0.1, 0.15) is 23.1 Å². The Morgan fingerprint density at radius 1 is 0.973 bits per heavy atom. The minimum Gasteiger partial charge on any atom is -0.508 e. The Labute approximate surface area is 215 Å². The van der Waals surface area contributed by atoms with Crippen LogP contribution < -0.4 is 4.74 Å². The van der Waals surface area contributed by atoms with Gasteiger partial charge >= 0.3 is 0 Å². The third-order valence-electron chi connectivity index (χ3n) is 7.91. The summed E-state index contributed by atoms with van der Waals surface area (Å²) in [5, 5.41) is 10.1. The van der Waals surface area contributed by atoms with Gasteiger partial charge in [-0.2, -0.15) is 0 Å². The SMILES string of the molecule is C=CC1=CCC2C(=O)C(c3ccccc3)=CC(=O)C2(c2ccccc2)C1C1=COc2ccc(O)cc2C1. The average molecular weight is 487 g/mol. The molecule has 0 fully saturated rings. The number of benzene rings is 3. The molecule has 0 aromatic heterocycles. The van der Waals surface area contributed by atoms with Gasteiger partial charge in [-0.25, -0.2) is 0 Å². The van der Waals surface area contributed by atoms with E-state index >= 15 is 0 Å². The molecule has 4 heteroatoms. The summed E-state index contributed by atoms with van der Waals surface area (Å²) in [6.07, 6.45) is 8.01. The number of ether oxygens (including phenoxy) is 1. The summed E-state index contributed by atoms with van der Waals surface area (Å²) in [6, 6.07) is 24.1. The first-order valence-electron chi connectivity index (χ1n) is 12.4. The second-order valence-corrected chi connectivity index (χ2v) is 9.80. The molecule has 3 aromatic rings. The van der Waals surface area contributed by atoms with Crippen LogP contribution in [0.3, 0.4) is 0 Å². The summed E-state index contributed by atoms with van der Waals surface area (Å²) in [6.45, 7) is 4.07. The molecule has 1 heterocycles. The van der Waals surface area contributed by atoms with Crippen molar-refractivity contribution in [3.05, 3.63) is 138 Å². The van der Waals surface area contributed by atoms with E-state index in [-0.39, 0.29) is 17.3 Å². The van der Waals surface area contributed by atoms with E-state index in [1.807, 2.05) is 66.7 Å². The Morgan fingerprint density at radius 2 is 1.70 bits per heavy atom. The molecule has 3 atom stereocenters. The molecule has 0 amide bonds. The molecule has 0 radical (unpaired) electrons. The lowest BCUT2D eigenvalue weighted by molar-refractivity contribution is -0.132. The molecule has 0 spiro atoms. The van der Waals surface area contributed by atoms with Gasteiger partial charge in [-0.05, 0) is 53.0 Å². The summed E-state index contributed by atoms with van der Waals surface area (Å²) in [5.74, 6) is -0.336. The monoisotopic (exact) mass is 486 g/mol. The topological polar surface area (TPSA) is 63.6 Å². The predicted octanol–water partition coefficient (Wildman–Crippen LogP) is 6.13. The molecule has 0 bridgehead atoms. The van der Waals surface area contributed by atoms with E-state index in [0.717, 1.165) is 27.8 Å². The lowest BCUT2D eigenvalue weighted by Crippen LogP contribution is -2.56. The maximum atomic E-state index is 14.5. The van der Waals surface area contributed by atoms with E-state index < -0.39 is 17.3 Å². The number of rotatable bonds is 4. The molecule has 6 rings (SSSR count). The zero-order valence-electron chi connectivity index (χ0n) is 20.3. The Hall–Kier alpha value is -4.44. The van der Waals surface area contributed by atoms with Crippen molar-refractivity contribution in [2.75, 3.05) is 0 Å². The van der Waals surface area contributed by atoms with Crippen LogP contribution in [0.2, 0.25) is 0 Å². The first-order chi connectivity index (χ1) is 18.0. The van der Waals surface area contributed by atoms with Crippen molar-refractivity contribution < 1.29 is 19.4 Å². The second kappa shape index (κ2) is 8.90. The van der Waals surface area contributed by atoms with Crippen LogP contribution in [-0.2, 0) is 21.4 Å². The normalized spacial score (nSPS) is 24.6. The van der Waals surface area contributed by atoms with Gasteiger partial charge in [0.25, 0.3) is 0 Å². The largest absolute Gasteiger partial charge is 0.508 e. The summed E-state index contributed by atoms with van der Waals surface area (Å²) in [5.41, 5.74) is 3.48. The molecule has 37 heavy (non-hydrogen) atoms. The smallest absolute Gasteiger partial charge is 0.168 e. The molecular weight excluding hydrogens is 460 g/mol. The molecule has 1 aliphatic heterocycles. The molecule has 0 saturated heterocycles. The number of carbonyl (C=O) groups is 2. The van der Waals surface area contributed by atoms with Gasteiger partial charge in [0.1, 0.15) is 11.5 Å². The minimum absolute atomic E-state index is 0.0330. The van der Waals surface area contributed by atoms with Crippen LogP contribution in [0.25, 0.3) is 5.57 Å². The van der Waals surface area contributed by atoms with Gasteiger partial charge in [0.2, 0.25) is 0 Å². The number of fused-ring (bicyclic) bond motifs is 2. The second-order valence-electron chi connectivity index (χ2n) is 9.80. The fourth-order valence-corrected chi connectivity index (χ4v) is 6.32. The highest BCUT2D eigenvalue weighted by molar-refractivity contribution is 6.31. The average Bonchev–Trinajstić information content (AvgIpc) is 2.94. The highest BCUT2D eigenvalue weighted by Crippen LogP contribution is 2.56. The van der Waals surface area contributed by atoms with Crippen molar-refractivity contribution in [2.24, 2.45) is 11.8 Å². The fourth-order valence-electron chi connectivity index (χ4n) is 6.32. The molecule has 1 N–H and O–H groups in total. The van der Waals surface area contributed by atoms with Crippen molar-refractivity contribution in [2.45, 2.75) is 18.3 Å². The third-order valence-corrected chi connectivity index (χ3v) is 7.91. The molecule has 4 nitrogen and oxygen atoms in total. The van der Waals surface area contributed by atoms with Crippen LogP contribution in [0.4, 0.5) is 0 Å². The summed E-state index contributed by atoms with van der Waals surface area (Å²) in [7, 11) is 0. The van der Waals surface area contributed by atoms with Crippen LogP contribution >= 0.6 is 0 Å². The van der Waals surface area contributed by atoms with Gasteiger partial charge < -0.3 is 9.84 Å². The number of carbonyl (C=O) groups excluding carboxylic acids is 2. The number of hydrogen-bond acceptors (Lipinski definition) is 4.